The first kappa shape index (κ1) is 17.6. The van der Waals surface area contributed by atoms with Gasteiger partial charge in [0.15, 0.2) is 5.13 Å². The number of hydrogen-bond donors (Lipinski definition) is 2. The van der Waals surface area contributed by atoms with Crippen molar-refractivity contribution in [3.05, 3.63) is 41.2 Å². The summed E-state index contributed by atoms with van der Waals surface area (Å²) in [7, 11) is 0. The molecule has 2 aliphatic rings. The van der Waals surface area contributed by atoms with Crippen LogP contribution in [0, 0.1) is 18.8 Å². The highest BCUT2D eigenvalue weighted by atomic mass is 32.1. The molecule has 3 aromatic rings. The lowest BCUT2D eigenvalue weighted by Gasteiger charge is -2.36. The third kappa shape index (κ3) is 2.79. The third-order valence-corrected chi connectivity index (χ3v) is 7.22. The van der Waals surface area contributed by atoms with E-state index in [1.165, 1.54) is 11.3 Å². The van der Waals surface area contributed by atoms with Gasteiger partial charge < -0.3 is 20.3 Å². The minimum absolute atomic E-state index is 0.00973. The number of nitrogen functional groups attached to an aromatic ring is 1. The number of aromatic nitrogens is 3. The van der Waals surface area contributed by atoms with E-state index in [0.29, 0.717) is 40.5 Å². The van der Waals surface area contributed by atoms with E-state index >= 15 is 0 Å². The number of imidazole rings is 1. The number of rotatable bonds is 2. The Bertz CT molecular complexity index is 1040. The molecule has 1 aliphatic carbocycles. The number of para-hydroxylation sites is 2. The summed E-state index contributed by atoms with van der Waals surface area (Å²) in [5.74, 6) is 0.722. The summed E-state index contributed by atoms with van der Waals surface area (Å²) in [6.45, 7) is 3.24. The number of nitrogens with two attached hydrogens (primary N) is 1. The van der Waals surface area contributed by atoms with Crippen LogP contribution in [0.2, 0.25) is 0 Å². The molecule has 28 heavy (non-hydrogen) atoms. The van der Waals surface area contributed by atoms with Crippen LogP contribution in [0.5, 0.6) is 0 Å². The van der Waals surface area contributed by atoms with Crippen LogP contribution in [-0.2, 0) is 0 Å². The van der Waals surface area contributed by atoms with Crippen molar-refractivity contribution in [3.8, 4) is 0 Å². The fraction of sp³-hybridized carbons (Fsp3) is 0.450. The number of fused-ring (bicyclic) bond motifs is 2. The second kappa shape index (κ2) is 6.56. The lowest BCUT2D eigenvalue weighted by Crippen LogP contribution is -2.36. The van der Waals surface area contributed by atoms with Gasteiger partial charge in [0.25, 0.3) is 5.91 Å². The molecule has 146 valence electrons. The first-order chi connectivity index (χ1) is 13.5. The summed E-state index contributed by atoms with van der Waals surface area (Å²) in [6.07, 6.45) is 2.95. The van der Waals surface area contributed by atoms with Crippen molar-refractivity contribution in [2.45, 2.75) is 31.9 Å². The number of aliphatic hydroxyl groups excluding tert-OH is 1. The number of aryl methyl sites for hydroxylation is 1. The number of carbonyl (C=O) groups excluding carboxylic acids is 1. The van der Waals surface area contributed by atoms with Crippen LogP contribution in [0.15, 0.2) is 30.6 Å². The van der Waals surface area contributed by atoms with Gasteiger partial charge in [0.1, 0.15) is 4.88 Å². The van der Waals surface area contributed by atoms with Gasteiger partial charge in [-0.25, -0.2) is 9.97 Å². The minimum atomic E-state index is -0.435. The zero-order chi connectivity index (χ0) is 19.4. The normalized spacial score (nSPS) is 27.3. The number of aliphatic hydroxyl groups is 1. The first-order valence-corrected chi connectivity index (χ1v) is 10.4. The predicted molar refractivity (Wildman–Crippen MR) is 108 cm³/mol. The molecular formula is C20H23N5O2S. The molecule has 0 radical (unpaired) electrons. The van der Waals surface area contributed by atoms with E-state index in [0.717, 1.165) is 24.0 Å². The molecule has 2 aromatic heterocycles. The fourth-order valence-corrected chi connectivity index (χ4v) is 5.68. The SMILES string of the molecule is Cc1nc(N)sc1C(=O)N1C[C@H]2C[C@@H](n3cnc4ccccc43)[C@H](O)C[C@H]2C1. The van der Waals surface area contributed by atoms with Crippen LogP contribution >= 0.6 is 11.3 Å². The van der Waals surface area contributed by atoms with Gasteiger partial charge in [0.2, 0.25) is 0 Å². The summed E-state index contributed by atoms with van der Waals surface area (Å²) in [4.78, 5) is 24.2. The molecular weight excluding hydrogens is 374 g/mol. The molecule has 3 heterocycles. The van der Waals surface area contributed by atoms with E-state index in [-0.39, 0.29) is 11.9 Å². The number of benzene rings is 1. The van der Waals surface area contributed by atoms with E-state index in [9.17, 15) is 9.90 Å². The lowest BCUT2D eigenvalue weighted by atomic mass is 9.77. The zero-order valence-electron chi connectivity index (χ0n) is 15.7. The topological polar surface area (TPSA) is 97.3 Å². The highest BCUT2D eigenvalue weighted by Gasteiger charge is 2.44. The summed E-state index contributed by atoms with van der Waals surface area (Å²) in [5, 5.41) is 11.3. The van der Waals surface area contributed by atoms with E-state index < -0.39 is 6.10 Å². The van der Waals surface area contributed by atoms with Crippen molar-refractivity contribution in [2.75, 3.05) is 18.8 Å². The Kier molecular flexibility index (Phi) is 4.13. The number of thiazole rings is 1. The van der Waals surface area contributed by atoms with Crippen LogP contribution < -0.4 is 5.73 Å². The number of likely N-dealkylation sites (tertiary alicyclic amines) is 1. The highest BCUT2D eigenvalue weighted by molar-refractivity contribution is 7.17. The molecule has 1 amide bonds. The summed E-state index contributed by atoms with van der Waals surface area (Å²) in [6, 6.07) is 7.99. The van der Waals surface area contributed by atoms with Gasteiger partial charge in [-0.05, 0) is 43.7 Å². The molecule has 7 nitrogen and oxygen atoms in total. The number of amides is 1. The molecule has 0 bridgehead atoms. The maximum absolute atomic E-state index is 13.0. The van der Waals surface area contributed by atoms with Crippen LogP contribution in [0.25, 0.3) is 11.0 Å². The zero-order valence-corrected chi connectivity index (χ0v) is 16.5. The van der Waals surface area contributed by atoms with Gasteiger partial charge in [-0.2, -0.15) is 0 Å². The smallest absolute Gasteiger partial charge is 0.265 e. The predicted octanol–water partition coefficient (Wildman–Crippen LogP) is 2.47. The summed E-state index contributed by atoms with van der Waals surface area (Å²) < 4.78 is 2.11. The molecule has 2 fully saturated rings. The maximum Gasteiger partial charge on any atom is 0.265 e. The maximum atomic E-state index is 13.0. The molecule has 5 rings (SSSR count). The summed E-state index contributed by atoms with van der Waals surface area (Å²) in [5.41, 5.74) is 8.45. The Morgan fingerprint density at radius 2 is 2.00 bits per heavy atom. The number of hydrogen-bond acceptors (Lipinski definition) is 6. The van der Waals surface area contributed by atoms with Crippen molar-refractivity contribution in [2.24, 2.45) is 11.8 Å². The molecule has 1 saturated carbocycles. The standard InChI is InChI=1S/C20H23N5O2S/c1-11-18(28-20(21)23-11)19(27)24-8-12-6-16(17(26)7-13(12)9-24)25-10-22-14-4-2-3-5-15(14)25/h2-5,10,12-13,16-17,26H,6-9H2,1H3,(H2,21,23)/t12-,13+,16-,17-/m1/s1. The lowest BCUT2D eigenvalue weighted by molar-refractivity contribution is 0.0374. The Balaban J connectivity index is 1.37. The Morgan fingerprint density at radius 3 is 2.75 bits per heavy atom. The fourth-order valence-electron chi connectivity index (χ4n) is 4.87. The van der Waals surface area contributed by atoms with Gasteiger partial charge >= 0.3 is 0 Å². The van der Waals surface area contributed by atoms with Gasteiger partial charge in [-0.3, -0.25) is 4.79 Å². The van der Waals surface area contributed by atoms with Crippen LogP contribution in [0.4, 0.5) is 5.13 Å². The van der Waals surface area contributed by atoms with Gasteiger partial charge in [-0.15, -0.1) is 0 Å². The van der Waals surface area contributed by atoms with E-state index in [1.54, 1.807) is 0 Å². The Hall–Kier alpha value is -2.45. The van der Waals surface area contributed by atoms with Gasteiger partial charge in [0.05, 0.1) is 35.2 Å². The van der Waals surface area contributed by atoms with Crippen molar-refractivity contribution in [1.82, 2.24) is 19.4 Å². The summed E-state index contributed by atoms with van der Waals surface area (Å²) >= 11 is 1.26. The van der Waals surface area contributed by atoms with E-state index in [4.69, 9.17) is 5.73 Å². The number of carbonyl (C=O) groups is 1. The van der Waals surface area contributed by atoms with Gasteiger partial charge in [0, 0.05) is 13.1 Å². The second-order valence-corrected chi connectivity index (χ2v) is 8.97. The van der Waals surface area contributed by atoms with E-state index in [2.05, 4.69) is 14.5 Å². The quantitative estimate of drug-likeness (QED) is 0.692. The van der Waals surface area contributed by atoms with Gasteiger partial charge in [-0.1, -0.05) is 23.5 Å². The van der Waals surface area contributed by atoms with E-state index in [1.807, 2.05) is 42.4 Å². The average Bonchev–Trinajstić information content (AvgIpc) is 3.36. The number of anilines is 1. The van der Waals surface area contributed by atoms with Crippen LogP contribution in [0.1, 0.15) is 34.2 Å². The molecule has 3 N–H and O–H groups in total. The van der Waals surface area contributed by atoms with Crippen molar-refractivity contribution in [1.29, 1.82) is 0 Å². The Labute approximate surface area is 166 Å². The molecule has 8 heteroatoms. The molecule has 1 saturated heterocycles. The van der Waals surface area contributed by atoms with Crippen molar-refractivity contribution in [3.63, 3.8) is 0 Å². The monoisotopic (exact) mass is 397 g/mol. The van der Waals surface area contributed by atoms with Crippen LogP contribution in [0.3, 0.4) is 0 Å². The highest BCUT2D eigenvalue weighted by Crippen LogP contribution is 2.42. The Morgan fingerprint density at radius 1 is 1.25 bits per heavy atom. The molecule has 0 unspecified atom stereocenters. The van der Waals surface area contributed by atoms with Crippen molar-refractivity contribution >= 4 is 33.4 Å². The van der Waals surface area contributed by atoms with Crippen molar-refractivity contribution < 1.29 is 9.90 Å². The first-order valence-electron chi connectivity index (χ1n) is 9.63. The largest absolute Gasteiger partial charge is 0.391 e. The molecule has 1 aliphatic heterocycles. The third-order valence-electron chi connectivity index (χ3n) is 6.24. The number of nitrogens with zero attached hydrogens (tertiary/aromatic N) is 4. The minimum Gasteiger partial charge on any atom is -0.391 e. The average molecular weight is 398 g/mol. The molecule has 4 atom stereocenters. The second-order valence-electron chi connectivity index (χ2n) is 7.94. The van der Waals surface area contributed by atoms with Crippen LogP contribution in [-0.4, -0.2) is 49.6 Å². The molecule has 0 spiro atoms. The molecule has 1 aromatic carbocycles.